The van der Waals surface area contributed by atoms with E-state index in [1.807, 2.05) is 13.0 Å². The molecule has 2 heterocycles. The van der Waals surface area contributed by atoms with Crippen molar-refractivity contribution < 1.29 is 9.84 Å². The van der Waals surface area contributed by atoms with E-state index in [-0.39, 0.29) is 0 Å². The van der Waals surface area contributed by atoms with Crippen molar-refractivity contribution in [3.05, 3.63) is 29.6 Å². The SMILES string of the molecule is Cc1ccncc1C(O)C1(C#N)CCOC1. The Morgan fingerprint density at radius 3 is 3.06 bits per heavy atom. The molecule has 0 aliphatic carbocycles. The zero-order valence-corrected chi connectivity index (χ0v) is 9.18. The van der Waals surface area contributed by atoms with Crippen LogP contribution in [0.1, 0.15) is 23.7 Å². The number of nitrogens with zero attached hydrogens (tertiary/aromatic N) is 2. The van der Waals surface area contributed by atoms with Crippen LogP contribution in [0.2, 0.25) is 0 Å². The van der Waals surface area contributed by atoms with Crippen LogP contribution in [0.3, 0.4) is 0 Å². The highest BCUT2D eigenvalue weighted by atomic mass is 16.5. The van der Waals surface area contributed by atoms with Crippen molar-refractivity contribution in [1.82, 2.24) is 4.98 Å². The van der Waals surface area contributed by atoms with E-state index in [0.717, 1.165) is 11.1 Å². The molecule has 0 saturated carbocycles. The van der Waals surface area contributed by atoms with E-state index in [4.69, 9.17) is 4.74 Å². The Labute approximate surface area is 94.5 Å². The molecule has 1 aromatic rings. The summed E-state index contributed by atoms with van der Waals surface area (Å²) in [5.41, 5.74) is 0.854. The predicted octanol–water partition coefficient (Wildman–Crippen LogP) is 1.35. The molecule has 1 aliphatic rings. The van der Waals surface area contributed by atoms with Gasteiger partial charge in [0.2, 0.25) is 0 Å². The third kappa shape index (κ3) is 1.69. The number of hydrogen-bond acceptors (Lipinski definition) is 4. The molecule has 1 N–H and O–H groups in total. The van der Waals surface area contributed by atoms with Crippen LogP contribution in [0.15, 0.2) is 18.5 Å². The van der Waals surface area contributed by atoms with Crippen molar-refractivity contribution in [3.8, 4) is 6.07 Å². The number of aromatic nitrogens is 1. The third-order valence-corrected chi connectivity index (χ3v) is 3.17. The van der Waals surface area contributed by atoms with Crippen molar-refractivity contribution >= 4 is 0 Å². The lowest BCUT2D eigenvalue weighted by Gasteiger charge is -2.26. The fraction of sp³-hybridized carbons (Fsp3) is 0.500. The van der Waals surface area contributed by atoms with Crippen LogP contribution in [0.4, 0.5) is 0 Å². The minimum atomic E-state index is -0.825. The van der Waals surface area contributed by atoms with Gasteiger partial charge in [-0.3, -0.25) is 4.98 Å². The maximum absolute atomic E-state index is 10.3. The summed E-state index contributed by atoms with van der Waals surface area (Å²) >= 11 is 0. The minimum Gasteiger partial charge on any atom is -0.387 e. The van der Waals surface area contributed by atoms with Crippen molar-refractivity contribution in [2.75, 3.05) is 13.2 Å². The van der Waals surface area contributed by atoms with Crippen molar-refractivity contribution in [3.63, 3.8) is 0 Å². The van der Waals surface area contributed by atoms with Crippen molar-refractivity contribution in [1.29, 1.82) is 5.26 Å². The maximum atomic E-state index is 10.3. The maximum Gasteiger partial charge on any atom is 0.113 e. The number of ether oxygens (including phenoxy) is 1. The molecular weight excluding hydrogens is 204 g/mol. The summed E-state index contributed by atoms with van der Waals surface area (Å²) in [5.74, 6) is 0. The van der Waals surface area contributed by atoms with Gasteiger partial charge in [-0.15, -0.1) is 0 Å². The lowest BCUT2D eigenvalue weighted by atomic mass is 9.79. The summed E-state index contributed by atoms with van der Waals surface area (Å²) in [6, 6.07) is 4.03. The van der Waals surface area contributed by atoms with Gasteiger partial charge < -0.3 is 9.84 Å². The lowest BCUT2D eigenvalue weighted by Crippen LogP contribution is -2.28. The van der Waals surface area contributed by atoms with E-state index in [2.05, 4.69) is 11.1 Å². The minimum absolute atomic E-state index is 0.291. The summed E-state index contributed by atoms with van der Waals surface area (Å²) < 4.78 is 5.23. The molecule has 0 aromatic carbocycles. The zero-order chi connectivity index (χ0) is 11.6. The van der Waals surface area contributed by atoms with E-state index >= 15 is 0 Å². The molecule has 2 atom stereocenters. The van der Waals surface area contributed by atoms with E-state index in [0.29, 0.717) is 19.6 Å². The molecule has 2 rings (SSSR count). The van der Waals surface area contributed by atoms with E-state index < -0.39 is 11.5 Å². The molecule has 0 radical (unpaired) electrons. The number of rotatable bonds is 2. The van der Waals surface area contributed by atoms with Gasteiger partial charge in [0, 0.05) is 24.6 Å². The number of aliphatic hydroxyl groups is 1. The number of hydrogen-bond donors (Lipinski definition) is 1. The first kappa shape index (κ1) is 11.1. The van der Waals surface area contributed by atoms with Gasteiger partial charge >= 0.3 is 0 Å². The normalized spacial score (nSPS) is 26.3. The standard InChI is InChI=1S/C12H14N2O2/c1-9-2-4-14-6-10(9)11(15)12(7-13)3-5-16-8-12/h2,4,6,11,15H,3,5,8H2,1H3. The van der Waals surface area contributed by atoms with Crippen LogP contribution in [-0.2, 0) is 4.74 Å². The van der Waals surface area contributed by atoms with Crippen molar-refractivity contribution in [2.24, 2.45) is 5.41 Å². The Kier molecular flexibility index (Phi) is 2.90. The summed E-state index contributed by atoms with van der Waals surface area (Å²) in [6.45, 7) is 2.73. The topological polar surface area (TPSA) is 66.1 Å². The molecule has 84 valence electrons. The average Bonchev–Trinajstić information content (AvgIpc) is 2.78. The van der Waals surface area contributed by atoms with Gasteiger partial charge in [-0.25, -0.2) is 0 Å². The van der Waals surface area contributed by atoms with Crippen LogP contribution in [0.25, 0.3) is 0 Å². The summed E-state index contributed by atoms with van der Waals surface area (Å²) in [4.78, 5) is 3.99. The van der Waals surface area contributed by atoms with Gasteiger partial charge in [-0.05, 0) is 25.0 Å². The number of pyridine rings is 1. The monoisotopic (exact) mass is 218 g/mol. The van der Waals surface area contributed by atoms with Crippen LogP contribution in [0.5, 0.6) is 0 Å². The fourth-order valence-electron chi connectivity index (χ4n) is 2.01. The molecule has 0 amide bonds. The molecule has 16 heavy (non-hydrogen) atoms. The molecule has 1 aliphatic heterocycles. The van der Waals surface area contributed by atoms with Gasteiger partial charge in [-0.1, -0.05) is 0 Å². The van der Waals surface area contributed by atoms with Crippen LogP contribution in [0, 0.1) is 23.7 Å². The quantitative estimate of drug-likeness (QED) is 0.813. The molecule has 1 aromatic heterocycles. The van der Waals surface area contributed by atoms with Crippen LogP contribution >= 0.6 is 0 Å². The van der Waals surface area contributed by atoms with Crippen LogP contribution < -0.4 is 0 Å². The van der Waals surface area contributed by atoms with Gasteiger partial charge in [0.1, 0.15) is 11.5 Å². The highest BCUT2D eigenvalue weighted by Crippen LogP contribution is 2.41. The first-order chi connectivity index (χ1) is 7.69. The van der Waals surface area contributed by atoms with Gasteiger partial charge in [0.05, 0.1) is 12.7 Å². The molecule has 0 bridgehead atoms. The Bertz CT molecular complexity index is 419. The highest BCUT2D eigenvalue weighted by Gasteiger charge is 2.43. The molecule has 2 unspecified atom stereocenters. The average molecular weight is 218 g/mol. The molecular formula is C12H14N2O2. The molecule has 0 spiro atoms. The van der Waals surface area contributed by atoms with E-state index in [9.17, 15) is 10.4 Å². The second-order valence-corrected chi connectivity index (χ2v) is 4.21. The molecule has 4 heteroatoms. The number of aryl methyl sites for hydroxylation is 1. The Morgan fingerprint density at radius 1 is 1.69 bits per heavy atom. The second kappa shape index (κ2) is 4.20. The molecule has 1 saturated heterocycles. The van der Waals surface area contributed by atoms with Crippen molar-refractivity contribution in [2.45, 2.75) is 19.4 Å². The predicted molar refractivity (Wildman–Crippen MR) is 57.4 cm³/mol. The molecule has 4 nitrogen and oxygen atoms in total. The Hall–Kier alpha value is -1.44. The second-order valence-electron chi connectivity index (χ2n) is 4.21. The fourth-order valence-corrected chi connectivity index (χ4v) is 2.01. The Morgan fingerprint density at radius 2 is 2.50 bits per heavy atom. The lowest BCUT2D eigenvalue weighted by molar-refractivity contribution is 0.0497. The third-order valence-electron chi connectivity index (χ3n) is 3.17. The summed E-state index contributed by atoms with van der Waals surface area (Å²) in [5, 5.41) is 19.5. The van der Waals surface area contributed by atoms with Gasteiger partial charge in [-0.2, -0.15) is 5.26 Å². The zero-order valence-electron chi connectivity index (χ0n) is 9.18. The first-order valence-corrected chi connectivity index (χ1v) is 5.27. The van der Waals surface area contributed by atoms with E-state index in [1.165, 1.54) is 0 Å². The first-order valence-electron chi connectivity index (χ1n) is 5.27. The van der Waals surface area contributed by atoms with Gasteiger partial charge in [0.15, 0.2) is 0 Å². The van der Waals surface area contributed by atoms with E-state index in [1.54, 1.807) is 12.4 Å². The largest absolute Gasteiger partial charge is 0.387 e. The summed E-state index contributed by atoms with van der Waals surface area (Å²) in [7, 11) is 0. The Balaban J connectivity index is 2.35. The van der Waals surface area contributed by atoms with Gasteiger partial charge in [0.25, 0.3) is 0 Å². The van der Waals surface area contributed by atoms with Crippen LogP contribution in [-0.4, -0.2) is 23.3 Å². The smallest absolute Gasteiger partial charge is 0.113 e. The summed E-state index contributed by atoms with van der Waals surface area (Å²) in [6.07, 6.45) is 3.04. The highest BCUT2D eigenvalue weighted by molar-refractivity contribution is 5.28. The molecule has 1 fully saturated rings. The number of nitriles is 1. The number of aliphatic hydroxyl groups excluding tert-OH is 1.